The Bertz CT molecular complexity index is 977. The third kappa shape index (κ3) is 4.76. The number of ketones is 1. The number of carboxylic acids is 1. The molecule has 0 unspecified atom stereocenters. The number of aryl methyl sites for hydroxylation is 1. The van der Waals surface area contributed by atoms with Gasteiger partial charge in [-0.05, 0) is 47.4 Å². The van der Waals surface area contributed by atoms with E-state index in [0.717, 1.165) is 11.1 Å². The molecule has 0 radical (unpaired) electrons. The minimum Gasteiger partial charge on any atom is -0.478 e. The maximum Gasteiger partial charge on any atom is 0.335 e. The van der Waals surface area contributed by atoms with Crippen LogP contribution in [0.1, 0.15) is 32.7 Å². The minimum absolute atomic E-state index is 0.138. The normalized spacial score (nSPS) is 10.6. The summed E-state index contributed by atoms with van der Waals surface area (Å²) in [5, 5.41) is 10.2. The summed E-state index contributed by atoms with van der Waals surface area (Å²) in [5.41, 5.74) is 3.14. The first-order chi connectivity index (χ1) is 12.9. The highest BCUT2D eigenvalue weighted by molar-refractivity contribution is 6.35. The fourth-order valence-electron chi connectivity index (χ4n) is 2.93. The zero-order valence-corrected chi connectivity index (χ0v) is 15.8. The third-order valence-corrected chi connectivity index (χ3v) is 4.69. The first-order valence-corrected chi connectivity index (χ1v) is 9.10. The summed E-state index contributed by atoms with van der Waals surface area (Å²) < 4.78 is 0. The summed E-state index contributed by atoms with van der Waals surface area (Å²) in [6.45, 7) is 0. The largest absolute Gasteiger partial charge is 0.478 e. The number of Topliss-reactive ketones (excluding diaryl/α,β-unsaturated/α-hetero) is 1. The van der Waals surface area contributed by atoms with Gasteiger partial charge < -0.3 is 5.11 Å². The van der Waals surface area contributed by atoms with Crippen molar-refractivity contribution >= 4 is 35.0 Å². The molecule has 0 bridgehead atoms. The molecule has 0 aliphatic carbocycles. The van der Waals surface area contributed by atoms with Gasteiger partial charge in [0.1, 0.15) is 0 Å². The molecule has 0 heterocycles. The van der Waals surface area contributed by atoms with Crippen molar-refractivity contribution in [3.05, 3.63) is 93.5 Å². The first kappa shape index (κ1) is 19.2. The Morgan fingerprint density at radius 3 is 2.11 bits per heavy atom. The van der Waals surface area contributed by atoms with Crippen molar-refractivity contribution in [1.82, 2.24) is 0 Å². The average molecular weight is 399 g/mol. The van der Waals surface area contributed by atoms with Gasteiger partial charge in [-0.3, -0.25) is 4.79 Å². The van der Waals surface area contributed by atoms with Crippen molar-refractivity contribution in [1.29, 1.82) is 0 Å². The smallest absolute Gasteiger partial charge is 0.335 e. The molecule has 0 spiro atoms. The second-order valence-electron chi connectivity index (χ2n) is 6.12. The lowest BCUT2D eigenvalue weighted by Gasteiger charge is -2.10. The highest BCUT2D eigenvalue weighted by Crippen LogP contribution is 2.25. The maximum absolute atomic E-state index is 12.5. The van der Waals surface area contributed by atoms with E-state index in [0.29, 0.717) is 27.6 Å². The predicted molar refractivity (Wildman–Crippen MR) is 108 cm³/mol. The standard InChI is InChI=1S/C22H16Cl2O3/c23-18-11-17(12-19(24)13-18)21(25)9-7-16-10-15(6-8-20(16)22(26)27)14-4-2-1-3-5-14/h1-6,8,10-13H,7,9H2,(H,26,27). The SMILES string of the molecule is O=C(CCc1cc(-c2ccccc2)ccc1C(=O)O)c1cc(Cl)cc(Cl)c1. The van der Waals surface area contributed by atoms with Gasteiger partial charge in [0, 0.05) is 22.0 Å². The van der Waals surface area contributed by atoms with Crippen LogP contribution in [0.3, 0.4) is 0 Å². The van der Waals surface area contributed by atoms with Gasteiger partial charge in [0.25, 0.3) is 0 Å². The number of carbonyl (C=O) groups is 2. The Labute approximate surface area is 167 Å². The fraction of sp³-hybridized carbons (Fsp3) is 0.0909. The summed E-state index contributed by atoms with van der Waals surface area (Å²) in [4.78, 5) is 24.0. The van der Waals surface area contributed by atoms with E-state index in [1.165, 1.54) is 0 Å². The topological polar surface area (TPSA) is 54.4 Å². The van der Waals surface area contributed by atoms with E-state index in [2.05, 4.69) is 0 Å². The van der Waals surface area contributed by atoms with E-state index >= 15 is 0 Å². The minimum atomic E-state index is -1.01. The second kappa shape index (κ2) is 8.38. The fourth-order valence-corrected chi connectivity index (χ4v) is 3.45. The van der Waals surface area contributed by atoms with Gasteiger partial charge in [0.2, 0.25) is 0 Å². The summed E-state index contributed by atoms with van der Waals surface area (Å²) in [7, 11) is 0. The maximum atomic E-state index is 12.5. The lowest BCUT2D eigenvalue weighted by atomic mass is 9.95. The Morgan fingerprint density at radius 1 is 0.815 bits per heavy atom. The van der Waals surface area contributed by atoms with E-state index in [1.54, 1.807) is 30.3 Å². The van der Waals surface area contributed by atoms with Crippen LogP contribution in [0.5, 0.6) is 0 Å². The Morgan fingerprint density at radius 2 is 1.48 bits per heavy atom. The molecular formula is C22H16Cl2O3. The summed E-state index contributed by atoms with van der Waals surface area (Å²) in [5.74, 6) is -1.15. The monoisotopic (exact) mass is 398 g/mol. The van der Waals surface area contributed by atoms with Crippen LogP contribution in [0.4, 0.5) is 0 Å². The predicted octanol–water partition coefficient (Wildman–Crippen LogP) is 6.17. The molecule has 0 amide bonds. The van der Waals surface area contributed by atoms with Gasteiger partial charge in [0.05, 0.1) is 5.56 Å². The highest BCUT2D eigenvalue weighted by Gasteiger charge is 2.14. The molecule has 5 heteroatoms. The summed E-state index contributed by atoms with van der Waals surface area (Å²) >= 11 is 11.9. The summed E-state index contributed by atoms with van der Waals surface area (Å²) in [6.07, 6.45) is 0.473. The van der Waals surface area contributed by atoms with Gasteiger partial charge in [-0.1, -0.05) is 65.7 Å². The molecule has 3 aromatic carbocycles. The van der Waals surface area contributed by atoms with Crippen molar-refractivity contribution < 1.29 is 14.7 Å². The number of carbonyl (C=O) groups excluding carboxylic acids is 1. The van der Waals surface area contributed by atoms with E-state index < -0.39 is 5.97 Å². The van der Waals surface area contributed by atoms with Crippen LogP contribution in [-0.2, 0) is 6.42 Å². The molecule has 0 saturated heterocycles. The molecule has 0 fully saturated rings. The number of rotatable bonds is 6. The van der Waals surface area contributed by atoms with Crippen molar-refractivity contribution in [3.63, 3.8) is 0 Å². The molecule has 27 heavy (non-hydrogen) atoms. The number of benzene rings is 3. The highest BCUT2D eigenvalue weighted by atomic mass is 35.5. The molecule has 0 aromatic heterocycles. The van der Waals surface area contributed by atoms with E-state index in [9.17, 15) is 14.7 Å². The van der Waals surface area contributed by atoms with Gasteiger partial charge in [-0.25, -0.2) is 4.79 Å². The van der Waals surface area contributed by atoms with E-state index in [-0.39, 0.29) is 17.8 Å². The quantitative estimate of drug-likeness (QED) is 0.504. The Hall–Kier alpha value is -2.62. The molecule has 0 aliphatic rings. The average Bonchev–Trinajstić information content (AvgIpc) is 2.65. The number of hydrogen-bond donors (Lipinski definition) is 1. The van der Waals surface area contributed by atoms with Crippen LogP contribution in [0, 0.1) is 0 Å². The third-order valence-electron chi connectivity index (χ3n) is 4.25. The lowest BCUT2D eigenvalue weighted by molar-refractivity contribution is 0.0695. The molecule has 3 rings (SSSR count). The van der Waals surface area contributed by atoms with Crippen molar-refractivity contribution in [2.45, 2.75) is 12.8 Å². The molecule has 0 saturated carbocycles. The zero-order valence-electron chi connectivity index (χ0n) is 14.3. The zero-order chi connectivity index (χ0) is 19.4. The molecule has 0 aliphatic heterocycles. The molecule has 1 N–H and O–H groups in total. The van der Waals surface area contributed by atoms with Crippen LogP contribution < -0.4 is 0 Å². The molecule has 3 aromatic rings. The Balaban J connectivity index is 1.86. The van der Waals surface area contributed by atoms with Gasteiger partial charge in [-0.15, -0.1) is 0 Å². The van der Waals surface area contributed by atoms with E-state index in [1.807, 2.05) is 36.4 Å². The molecule has 0 atom stereocenters. The van der Waals surface area contributed by atoms with Crippen LogP contribution >= 0.6 is 23.2 Å². The molecule has 3 nitrogen and oxygen atoms in total. The molecular weight excluding hydrogens is 383 g/mol. The number of halogens is 2. The first-order valence-electron chi connectivity index (χ1n) is 8.35. The van der Waals surface area contributed by atoms with Crippen LogP contribution in [0.15, 0.2) is 66.7 Å². The van der Waals surface area contributed by atoms with Crippen molar-refractivity contribution in [2.75, 3.05) is 0 Å². The van der Waals surface area contributed by atoms with Gasteiger partial charge in [-0.2, -0.15) is 0 Å². The number of carboxylic acid groups (broad SMARTS) is 1. The van der Waals surface area contributed by atoms with Crippen molar-refractivity contribution in [3.8, 4) is 11.1 Å². The van der Waals surface area contributed by atoms with Crippen LogP contribution in [-0.4, -0.2) is 16.9 Å². The number of hydrogen-bond acceptors (Lipinski definition) is 2. The van der Waals surface area contributed by atoms with Crippen LogP contribution in [0.25, 0.3) is 11.1 Å². The molecule has 136 valence electrons. The van der Waals surface area contributed by atoms with Crippen molar-refractivity contribution in [2.24, 2.45) is 0 Å². The lowest BCUT2D eigenvalue weighted by Crippen LogP contribution is -2.06. The summed E-state index contributed by atoms with van der Waals surface area (Å²) in [6, 6.07) is 19.6. The van der Waals surface area contributed by atoms with Gasteiger partial charge >= 0.3 is 5.97 Å². The Kier molecular flexibility index (Phi) is 5.94. The van der Waals surface area contributed by atoms with Gasteiger partial charge in [0.15, 0.2) is 5.78 Å². The number of aromatic carboxylic acids is 1. The van der Waals surface area contributed by atoms with E-state index in [4.69, 9.17) is 23.2 Å². The second-order valence-corrected chi connectivity index (χ2v) is 7.00. The van der Waals surface area contributed by atoms with Crippen LogP contribution in [0.2, 0.25) is 10.0 Å².